The maximum Gasteiger partial charge on any atom is 0.307 e. The molecule has 22 heavy (non-hydrogen) atoms. The molecule has 0 aromatic heterocycles. The predicted octanol–water partition coefficient (Wildman–Crippen LogP) is -0.135. The van der Waals surface area contributed by atoms with Crippen LogP contribution in [0, 0.1) is 0 Å². The molecule has 1 heterocycles. The molecule has 0 radical (unpaired) electrons. The highest BCUT2D eigenvalue weighted by Gasteiger charge is 2.43. The highest BCUT2D eigenvalue weighted by Crippen LogP contribution is 2.37. The molecule has 1 aromatic rings. The average molecular weight is 312 g/mol. The maximum absolute atomic E-state index is 10.8. The minimum absolute atomic E-state index is 0.180. The third-order valence-electron chi connectivity index (χ3n) is 3.81. The van der Waals surface area contributed by atoms with Gasteiger partial charge in [0.15, 0.2) is 0 Å². The number of carboxylic acid groups (broad SMARTS) is 1. The fourth-order valence-corrected chi connectivity index (χ4v) is 2.60. The standard InChI is InChI=1S/C15H20O7/c1-7-12(18)13(19)14(20)15(22-7)9-5-8(6-11(16)17)3-4-10(9)21-2/h3-5,7,12-15,18-20H,6H2,1-2H3,(H,16,17)/t7-,12+,13+,14-,15+/m0/s1. The van der Waals surface area contributed by atoms with Gasteiger partial charge < -0.3 is 29.9 Å². The van der Waals surface area contributed by atoms with Gasteiger partial charge in [-0.15, -0.1) is 0 Å². The van der Waals surface area contributed by atoms with Crippen molar-refractivity contribution >= 4 is 5.97 Å². The molecule has 5 atom stereocenters. The Labute approximate surface area is 127 Å². The average Bonchev–Trinajstić information content (AvgIpc) is 2.48. The molecule has 1 aliphatic heterocycles. The fourth-order valence-electron chi connectivity index (χ4n) is 2.60. The lowest BCUT2D eigenvalue weighted by atomic mass is 9.90. The molecule has 0 saturated carbocycles. The van der Waals surface area contributed by atoms with Crippen LogP contribution < -0.4 is 4.74 Å². The van der Waals surface area contributed by atoms with Gasteiger partial charge in [0, 0.05) is 5.56 Å². The Morgan fingerprint density at radius 3 is 2.50 bits per heavy atom. The number of aliphatic hydroxyl groups is 3. The summed E-state index contributed by atoms with van der Waals surface area (Å²) in [5.41, 5.74) is 0.957. The summed E-state index contributed by atoms with van der Waals surface area (Å²) in [6.45, 7) is 1.58. The SMILES string of the molecule is COc1ccc(CC(=O)O)cc1[C@H]1O[C@@H](C)[C@@H](O)[C@@H](O)[C@@H]1O. The van der Waals surface area contributed by atoms with Crippen molar-refractivity contribution in [3.8, 4) is 5.75 Å². The minimum Gasteiger partial charge on any atom is -0.496 e. The number of benzene rings is 1. The van der Waals surface area contributed by atoms with Crippen LogP contribution in [0.2, 0.25) is 0 Å². The predicted molar refractivity (Wildman–Crippen MR) is 75.6 cm³/mol. The van der Waals surface area contributed by atoms with E-state index in [-0.39, 0.29) is 6.42 Å². The lowest BCUT2D eigenvalue weighted by molar-refractivity contribution is -0.219. The smallest absolute Gasteiger partial charge is 0.307 e. The molecule has 1 saturated heterocycles. The molecule has 0 aliphatic carbocycles. The van der Waals surface area contributed by atoms with Crippen LogP contribution in [0.4, 0.5) is 0 Å². The molecule has 1 aliphatic rings. The van der Waals surface area contributed by atoms with Crippen molar-refractivity contribution in [1.82, 2.24) is 0 Å². The maximum atomic E-state index is 10.8. The highest BCUT2D eigenvalue weighted by atomic mass is 16.5. The Kier molecular flexibility index (Phi) is 5.02. The normalized spacial score (nSPS) is 31.8. The number of carbonyl (C=O) groups is 1. The number of ether oxygens (including phenoxy) is 2. The Bertz CT molecular complexity index is 545. The Hall–Kier alpha value is -1.67. The largest absolute Gasteiger partial charge is 0.496 e. The van der Waals surface area contributed by atoms with Crippen LogP contribution >= 0.6 is 0 Å². The monoisotopic (exact) mass is 312 g/mol. The second-order valence-electron chi connectivity index (χ2n) is 5.38. The van der Waals surface area contributed by atoms with Crippen molar-refractivity contribution in [1.29, 1.82) is 0 Å². The minimum atomic E-state index is -1.36. The third kappa shape index (κ3) is 3.22. The zero-order valence-electron chi connectivity index (χ0n) is 12.3. The highest BCUT2D eigenvalue weighted by molar-refractivity contribution is 5.70. The van der Waals surface area contributed by atoms with E-state index >= 15 is 0 Å². The molecule has 4 N–H and O–H groups in total. The van der Waals surface area contributed by atoms with Gasteiger partial charge in [0.05, 0.1) is 19.6 Å². The van der Waals surface area contributed by atoms with Crippen LogP contribution in [-0.2, 0) is 16.0 Å². The number of rotatable bonds is 4. The number of methoxy groups -OCH3 is 1. The van der Waals surface area contributed by atoms with Gasteiger partial charge in [-0.25, -0.2) is 0 Å². The van der Waals surface area contributed by atoms with Crippen LogP contribution in [0.15, 0.2) is 18.2 Å². The van der Waals surface area contributed by atoms with Crippen molar-refractivity contribution < 1.29 is 34.7 Å². The molecule has 1 fully saturated rings. The Balaban J connectivity index is 2.38. The molecule has 0 unspecified atom stereocenters. The third-order valence-corrected chi connectivity index (χ3v) is 3.81. The lowest BCUT2D eigenvalue weighted by Gasteiger charge is -2.40. The molecule has 1 aromatic carbocycles. The fraction of sp³-hybridized carbons (Fsp3) is 0.533. The quantitative estimate of drug-likeness (QED) is 0.611. The number of aliphatic carboxylic acids is 1. The van der Waals surface area contributed by atoms with Crippen LogP contribution in [0.5, 0.6) is 5.75 Å². The molecular formula is C15H20O7. The zero-order chi connectivity index (χ0) is 16.4. The summed E-state index contributed by atoms with van der Waals surface area (Å²) in [6, 6.07) is 4.77. The molecule has 122 valence electrons. The summed E-state index contributed by atoms with van der Waals surface area (Å²) < 4.78 is 10.8. The number of carboxylic acids is 1. The van der Waals surface area contributed by atoms with Crippen LogP contribution in [-0.4, -0.2) is 57.9 Å². The van der Waals surface area contributed by atoms with Crippen LogP contribution in [0.25, 0.3) is 0 Å². The molecule has 7 heteroatoms. The first kappa shape index (κ1) is 16.7. The first-order chi connectivity index (χ1) is 10.3. The Morgan fingerprint density at radius 1 is 1.23 bits per heavy atom. The molecule has 7 nitrogen and oxygen atoms in total. The van der Waals surface area contributed by atoms with Gasteiger partial charge >= 0.3 is 5.97 Å². The van der Waals surface area contributed by atoms with Crippen LogP contribution in [0.3, 0.4) is 0 Å². The summed E-state index contributed by atoms with van der Waals surface area (Å²) in [4.78, 5) is 10.8. The second kappa shape index (κ2) is 6.62. The van der Waals surface area contributed by atoms with Crippen molar-refractivity contribution in [3.63, 3.8) is 0 Å². The van der Waals surface area contributed by atoms with E-state index in [0.29, 0.717) is 16.9 Å². The number of hydrogen-bond acceptors (Lipinski definition) is 6. The van der Waals surface area contributed by atoms with E-state index in [1.165, 1.54) is 7.11 Å². The van der Waals surface area contributed by atoms with Crippen molar-refractivity contribution in [2.45, 2.75) is 43.9 Å². The number of aliphatic hydroxyl groups excluding tert-OH is 3. The van der Waals surface area contributed by atoms with Crippen LogP contribution in [0.1, 0.15) is 24.2 Å². The lowest BCUT2D eigenvalue weighted by Crippen LogP contribution is -2.53. The van der Waals surface area contributed by atoms with E-state index in [2.05, 4.69) is 0 Å². The van der Waals surface area contributed by atoms with Gasteiger partial charge in [0.2, 0.25) is 0 Å². The zero-order valence-corrected chi connectivity index (χ0v) is 12.3. The van der Waals surface area contributed by atoms with E-state index in [4.69, 9.17) is 14.6 Å². The first-order valence-corrected chi connectivity index (χ1v) is 6.93. The topological polar surface area (TPSA) is 116 Å². The van der Waals surface area contributed by atoms with E-state index in [0.717, 1.165) is 0 Å². The summed E-state index contributed by atoms with van der Waals surface area (Å²) in [5.74, 6) is -0.570. The summed E-state index contributed by atoms with van der Waals surface area (Å²) in [7, 11) is 1.44. The summed E-state index contributed by atoms with van der Waals surface area (Å²) in [5, 5.41) is 38.7. The van der Waals surface area contributed by atoms with Gasteiger partial charge in [0.1, 0.15) is 30.2 Å². The first-order valence-electron chi connectivity index (χ1n) is 6.93. The molecule has 2 rings (SSSR count). The number of hydrogen-bond donors (Lipinski definition) is 4. The van der Waals surface area contributed by atoms with E-state index in [1.54, 1.807) is 25.1 Å². The van der Waals surface area contributed by atoms with Gasteiger partial charge in [-0.2, -0.15) is 0 Å². The van der Waals surface area contributed by atoms with Crippen molar-refractivity contribution in [2.24, 2.45) is 0 Å². The van der Waals surface area contributed by atoms with E-state index in [1.807, 2.05) is 0 Å². The van der Waals surface area contributed by atoms with E-state index < -0.39 is 36.5 Å². The van der Waals surface area contributed by atoms with E-state index in [9.17, 15) is 20.1 Å². The summed E-state index contributed by atoms with van der Waals surface area (Å²) >= 11 is 0. The van der Waals surface area contributed by atoms with Crippen molar-refractivity contribution in [3.05, 3.63) is 29.3 Å². The molecule has 0 amide bonds. The van der Waals surface area contributed by atoms with Gasteiger partial charge in [0.25, 0.3) is 0 Å². The van der Waals surface area contributed by atoms with Gasteiger partial charge in [-0.1, -0.05) is 6.07 Å². The molecular weight excluding hydrogens is 292 g/mol. The van der Waals surface area contributed by atoms with Gasteiger partial charge in [-0.05, 0) is 24.6 Å². The molecule has 0 spiro atoms. The second-order valence-corrected chi connectivity index (χ2v) is 5.38. The van der Waals surface area contributed by atoms with Crippen molar-refractivity contribution in [2.75, 3.05) is 7.11 Å². The molecule has 0 bridgehead atoms. The summed E-state index contributed by atoms with van der Waals surface area (Å²) in [6.07, 6.45) is -5.69. The van der Waals surface area contributed by atoms with Gasteiger partial charge in [-0.3, -0.25) is 4.79 Å². The Morgan fingerprint density at radius 2 is 1.91 bits per heavy atom.